The molecule has 0 unspecified atom stereocenters. The van der Waals surface area contributed by atoms with Crippen molar-refractivity contribution < 1.29 is 19.1 Å². The van der Waals surface area contributed by atoms with Gasteiger partial charge in [0.2, 0.25) is 5.91 Å². The van der Waals surface area contributed by atoms with E-state index < -0.39 is 6.04 Å². The smallest absolute Gasteiger partial charge is 0.318 e. The van der Waals surface area contributed by atoms with Crippen LogP contribution in [-0.4, -0.2) is 54.5 Å². The van der Waals surface area contributed by atoms with Gasteiger partial charge in [0.05, 0.1) is 17.2 Å². The van der Waals surface area contributed by atoms with E-state index in [2.05, 4.69) is 10.6 Å². The van der Waals surface area contributed by atoms with Crippen molar-refractivity contribution in [2.24, 2.45) is 0 Å². The van der Waals surface area contributed by atoms with Gasteiger partial charge < -0.3 is 25.2 Å². The topological polar surface area (TPSA) is 91.0 Å². The molecule has 9 heteroatoms. The van der Waals surface area contributed by atoms with Crippen LogP contribution in [0.4, 0.5) is 10.5 Å². The molecule has 0 aromatic heterocycles. The number of rotatable bonds is 5. The molecule has 2 aromatic carbocycles. The van der Waals surface area contributed by atoms with Crippen LogP contribution in [0.5, 0.6) is 5.75 Å². The summed E-state index contributed by atoms with van der Waals surface area (Å²) in [6.07, 6.45) is 2.30. The van der Waals surface area contributed by atoms with Crippen LogP contribution in [-0.2, 0) is 11.3 Å². The van der Waals surface area contributed by atoms with Gasteiger partial charge in [-0.05, 0) is 56.0 Å². The summed E-state index contributed by atoms with van der Waals surface area (Å²) in [6.45, 7) is 5.72. The number of fused-ring (bicyclic) bond motifs is 1. The first kappa shape index (κ1) is 24.9. The van der Waals surface area contributed by atoms with Gasteiger partial charge in [0.25, 0.3) is 5.91 Å². The van der Waals surface area contributed by atoms with Crippen LogP contribution >= 0.6 is 11.6 Å². The highest BCUT2D eigenvalue weighted by Crippen LogP contribution is 2.31. The third-order valence-electron chi connectivity index (χ3n) is 6.33. The molecule has 2 atom stereocenters. The summed E-state index contributed by atoms with van der Waals surface area (Å²) in [5.41, 5.74) is 1.94. The van der Waals surface area contributed by atoms with Crippen molar-refractivity contribution in [1.29, 1.82) is 0 Å². The van der Waals surface area contributed by atoms with Gasteiger partial charge in [-0.2, -0.15) is 0 Å². The Hall–Kier alpha value is -3.26. The number of benzene rings is 2. The Labute approximate surface area is 210 Å². The van der Waals surface area contributed by atoms with Gasteiger partial charge in [-0.15, -0.1) is 0 Å². The van der Waals surface area contributed by atoms with Gasteiger partial charge in [0.15, 0.2) is 0 Å². The SMILES string of the molecule is CCCOc1ccc(C(=O)N2C[C@@H](C)N(C(=O)N[C@H]3CCCNC3=O)Cc3ccccc32)c(Cl)c1. The van der Waals surface area contributed by atoms with E-state index in [-0.39, 0.29) is 30.4 Å². The molecule has 4 amide bonds. The summed E-state index contributed by atoms with van der Waals surface area (Å²) in [6, 6.07) is 11.5. The highest BCUT2D eigenvalue weighted by molar-refractivity contribution is 6.34. The van der Waals surface area contributed by atoms with Gasteiger partial charge in [-0.25, -0.2) is 4.79 Å². The Kier molecular flexibility index (Phi) is 7.80. The zero-order valence-electron chi connectivity index (χ0n) is 20.1. The van der Waals surface area contributed by atoms with Crippen LogP contribution < -0.4 is 20.3 Å². The van der Waals surface area contributed by atoms with Gasteiger partial charge in [0.1, 0.15) is 11.8 Å². The lowest BCUT2D eigenvalue weighted by atomic mass is 10.1. The largest absolute Gasteiger partial charge is 0.494 e. The summed E-state index contributed by atoms with van der Waals surface area (Å²) >= 11 is 6.49. The third-order valence-corrected chi connectivity index (χ3v) is 6.65. The fourth-order valence-electron chi connectivity index (χ4n) is 4.44. The van der Waals surface area contributed by atoms with E-state index in [9.17, 15) is 14.4 Å². The molecule has 1 saturated heterocycles. The van der Waals surface area contributed by atoms with Crippen molar-refractivity contribution in [2.75, 3.05) is 24.6 Å². The number of nitrogens with one attached hydrogen (secondary N) is 2. The fraction of sp³-hybridized carbons (Fsp3) is 0.423. The predicted octanol–water partition coefficient (Wildman–Crippen LogP) is 3.97. The summed E-state index contributed by atoms with van der Waals surface area (Å²) < 4.78 is 5.63. The minimum absolute atomic E-state index is 0.162. The van der Waals surface area contributed by atoms with Gasteiger partial charge in [0, 0.05) is 31.4 Å². The van der Waals surface area contributed by atoms with Gasteiger partial charge >= 0.3 is 6.03 Å². The molecule has 186 valence electrons. The van der Waals surface area contributed by atoms with E-state index in [1.165, 1.54) is 0 Å². The second-order valence-corrected chi connectivity index (χ2v) is 9.35. The Bertz CT molecular complexity index is 1110. The predicted molar refractivity (Wildman–Crippen MR) is 135 cm³/mol. The average molecular weight is 499 g/mol. The first-order valence-electron chi connectivity index (χ1n) is 12.1. The van der Waals surface area contributed by atoms with E-state index in [4.69, 9.17) is 16.3 Å². The van der Waals surface area contributed by atoms with Crippen molar-refractivity contribution in [3.8, 4) is 5.75 Å². The van der Waals surface area contributed by atoms with Crippen LogP contribution in [0.25, 0.3) is 0 Å². The number of hydrogen-bond donors (Lipinski definition) is 2. The van der Waals surface area contributed by atoms with Crippen molar-refractivity contribution in [1.82, 2.24) is 15.5 Å². The zero-order chi connectivity index (χ0) is 24.9. The van der Waals surface area contributed by atoms with Gasteiger partial charge in [-0.3, -0.25) is 9.59 Å². The van der Waals surface area contributed by atoms with Crippen molar-refractivity contribution >= 4 is 35.1 Å². The summed E-state index contributed by atoms with van der Waals surface area (Å²) in [5, 5.41) is 5.98. The molecule has 35 heavy (non-hydrogen) atoms. The van der Waals surface area contributed by atoms with E-state index in [1.54, 1.807) is 28.0 Å². The second kappa shape index (κ2) is 11.0. The number of carbonyl (C=O) groups is 3. The molecule has 4 rings (SSSR count). The first-order valence-corrected chi connectivity index (χ1v) is 12.4. The standard InChI is InChI=1S/C26H31ClN4O4/c1-3-13-35-19-10-11-20(21(27)14-19)25(33)31-15-17(2)30(16-18-7-4-5-9-23(18)31)26(34)29-22-8-6-12-28-24(22)32/h4-5,7,9-11,14,17,22H,3,6,8,12-13,15-16H2,1-2H3,(H,28,32)(H,29,34)/t17-,22+/m1/s1. The van der Waals surface area contributed by atoms with E-state index in [0.717, 1.165) is 24.1 Å². The van der Waals surface area contributed by atoms with Crippen molar-refractivity contribution in [2.45, 2.75) is 51.7 Å². The molecule has 1 fully saturated rings. The van der Waals surface area contributed by atoms with Crippen molar-refractivity contribution in [3.05, 3.63) is 58.6 Å². The molecular weight excluding hydrogens is 468 g/mol. The molecule has 8 nitrogen and oxygen atoms in total. The lowest BCUT2D eigenvalue weighted by Gasteiger charge is -2.31. The number of hydrogen-bond acceptors (Lipinski definition) is 4. The molecule has 0 bridgehead atoms. The van der Waals surface area contributed by atoms with Crippen LogP contribution in [0.2, 0.25) is 5.02 Å². The fourth-order valence-corrected chi connectivity index (χ4v) is 4.69. The van der Waals surface area contributed by atoms with Gasteiger partial charge in [-0.1, -0.05) is 36.7 Å². The number of anilines is 1. The van der Waals surface area contributed by atoms with Crippen LogP contribution in [0.15, 0.2) is 42.5 Å². The lowest BCUT2D eigenvalue weighted by Crippen LogP contribution is -2.55. The zero-order valence-corrected chi connectivity index (χ0v) is 20.8. The first-order chi connectivity index (χ1) is 16.9. The number of carbonyl (C=O) groups excluding carboxylic acids is 3. The molecule has 2 heterocycles. The maximum Gasteiger partial charge on any atom is 0.318 e. The Balaban J connectivity index is 1.58. The Morgan fingerprint density at radius 1 is 1.23 bits per heavy atom. The number of halogens is 1. The maximum absolute atomic E-state index is 13.7. The Morgan fingerprint density at radius 3 is 2.77 bits per heavy atom. The van der Waals surface area contributed by atoms with E-state index in [0.29, 0.717) is 42.5 Å². The molecule has 2 N–H and O–H groups in total. The normalized spacial score (nSPS) is 19.9. The van der Waals surface area contributed by atoms with Crippen LogP contribution in [0, 0.1) is 0 Å². The highest BCUT2D eigenvalue weighted by atomic mass is 35.5. The van der Waals surface area contributed by atoms with Crippen LogP contribution in [0.3, 0.4) is 0 Å². The number of piperidine rings is 1. The quantitative estimate of drug-likeness (QED) is 0.652. The average Bonchev–Trinajstić information content (AvgIpc) is 3.00. The number of ether oxygens (including phenoxy) is 1. The van der Waals surface area contributed by atoms with Crippen molar-refractivity contribution in [3.63, 3.8) is 0 Å². The second-order valence-electron chi connectivity index (χ2n) is 8.95. The summed E-state index contributed by atoms with van der Waals surface area (Å²) in [5.74, 6) is 0.211. The monoisotopic (exact) mass is 498 g/mol. The molecular formula is C26H31ClN4O4. The number of para-hydroxylation sites is 1. The van der Waals surface area contributed by atoms with Crippen LogP contribution in [0.1, 0.15) is 49.0 Å². The molecule has 2 aliphatic rings. The lowest BCUT2D eigenvalue weighted by molar-refractivity contribution is -0.124. The van der Waals surface area contributed by atoms with E-state index >= 15 is 0 Å². The number of amides is 4. The molecule has 2 aromatic rings. The molecule has 0 aliphatic carbocycles. The minimum Gasteiger partial charge on any atom is -0.494 e. The minimum atomic E-state index is -0.549. The Morgan fingerprint density at radius 2 is 2.03 bits per heavy atom. The summed E-state index contributed by atoms with van der Waals surface area (Å²) in [4.78, 5) is 42.4. The third kappa shape index (κ3) is 5.53. The molecule has 0 spiro atoms. The molecule has 0 radical (unpaired) electrons. The van der Waals surface area contributed by atoms with E-state index in [1.807, 2.05) is 38.1 Å². The molecule has 0 saturated carbocycles. The maximum atomic E-state index is 13.7. The number of nitrogens with zero attached hydrogens (tertiary/aromatic N) is 2. The summed E-state index contributed by atoms with van der Waals surface area (Å²) in [7, 11) is 0. The molecule has 2 aliphatic heterocycles. The highest BCUT2D eigenvalue weighted by Gasteiger charge is 2.34. The number of urea groups is 1.